The number of ketones is 1. The van der Waals surface area contributed by atoms with E-state index in [9.17, 15) is 37.1 Å². The molecule has 1 aliphatic carbocycles. The number of hydrogen-bond acceptors (Lipinski definition) is 6. The highest BCUT2D eigenvalue weighted by atomic mass is 19.4. The van der Waals surface area contributed by atoms with Crippen LogP contribution in [0.1, 0.15) is 43.2 Å². The fraction of sp³-hybridized carbons (Fsp3) is 0.485. The molecule has 2 aromatic rings. The fourth-order valence-electron chi connectivity index (χ4n) is 6.89. The molecule has 2 saturated heterocycles. The molecule has 246 valence electrons. The molecule has 0 aromatic heterocycles. The molecule has 3 aliphatic rings. The second kappa shape index (κ2) is 13.5. The van der Waals surface area contributed by atoms with Crippen LogP contribution in [0.15, 0.2) is 42.5 Å². The lowest BCUT2D eigenvalue weighted by Gasteiger charge is -2.29. The second-order valence-electron chi connectivity index (χ2n) is 12.2. The van der Waals surface area contributed by atoms with E-state index in [0.717, 1.165) is 31.4 Å². The zero-order valence-corrected chi connectivity index (χ0v) is 25.6. The van der Waals surface area contributed by atoms with E-state index >= 15 is 0 Å². The molecule has 1 saturated carbocycles. The summed E-state index contributed by atoms with van der Waals surface area (Å²) in [6.07, 6.45) is -1.48. The van der Waals surface area contributed by atoms with Gasteiger partial charge < -0.3 is 25.6 Å². The molecule has 0 spiro atoms. The monoisotopic (exact) mass is 642 g/mol. The maximum Gasteiger partial charge on any atom is 0.416 e. The Balaban J connectivity index is 1.27. The molecular formula is C33H37F3N4O6. The largest absolute Gasteiger partial charge is 0.483 e. The first-order chi connectivity index (χ1) is 21.9. The number of Topliss-reactive ketones (excluding diaryl/α,β-unsaturated/α-hetero) is 1. The van der Waals surface area contributed by atoms with E-state index in [1.807, 2.05) is 0 Å². The van der Waals surface area contributed by atoms with Crippen molar-refractivity contribution < 1.29 is 41.9 Å². The van der Waals surface area contributed by atoms with E-state index in [2.05, 4.69) is 16.0 Å². The minimum absolute atomic E-state index is 0.0244. The Morgan fingerprint density at radius 3 is 2.39 bits per heavy atom. The molecular weight excluding hydrogens is 605 g/mol. The lowest BCUT2D eigenvalue weighted by molar-refractivity contribution is -0.143. The fourth-order valence-corrected chi connectivity index (χ4v) is 6.89. The standard InChI is InChI=1S/C33H37F3N4O6/c1-18-14-20(19-6-9-23(10-7-19)33(34,35)36)8-11-26(18)46-17-27(41)40-16-22-4-3-5-24(22)28(40)31(44)39-25(29(42)32(45)37-2)15-21-12-13-38-30(21)43/h6-11,14,21-22,24-25,28H,3-5,12-13,15-17H2,1-2H3,(H,37,45)(H,38,43)(H,39,44)/t21-,22-,24-,25-,28-/m0/s1. The lowest BCUT2D eigenvalue weighted by atomic mass is 9.91. The summed E-state index contributed by atoms with van der Waals surface area (Å²) in [5.74, 6) is -3.04. The highest BCUT2D eigenvalue weighted by Crippen LogP contribution is 2.42. The maximum absolute atomic E-state index is 13.8. The molecule has 4 amide bonds. The summed E-state index contributed by atoms with van der Waals surface area (Å²) in [7, 11) is 1.31. The molecule has 5 atom stereocenters. The van der Waals surface area contributed by atoms with Gasteiger partial charge in [-0.15, -0.1) is 0 Å². The van der Waals surface area contributed by atoms with Crippen molar-refractivity contribution in [3.63, 3.8) is 0 Å². The number of nitrogens with one attached hydrogen (secondary N) is 3. The van der Waals surface area contributed by atoms with Gasteiger partial charge in [-0.05, 0) is 85.4 Å². The lowest BCUT2D eigenvalue weighted by Crippen LogP contribution is -2.55. The maximum atomic E-state index is 13.8. The number of halogens is 3. The highest BCUT2D eigenvalue weighted by molar-refractivity contribution is 6.38. The minimum atomic E-state index is -4.43. The molecule has 2 aromatic carbocycles. The summed E-state index contributed by atoms with van der Waals surface area (Å²) in [6, 6.07) is 7.85. The number of carbonyl (C=O) groups is 5. The van der Waals surface area contributed by atoms with Gasteiger partial charge in [0.25, 0.3) is 11.8 Å². The number of likely N-dealkylation sites (tertiary alicyclic amines) is 1. The van der Waals surface area contributed by atoms with Gasteiger partial charge in [0.2, 0.25) is 17.6 Å². The predicted molar refractivity (Wildman–Crippen MR) is 160 cm³/mol. The van der Waals surface area contributed by atoms with Crippen LogP contribution in [0.2, 0.25) is 0 Å². The van der Waals surface area contributed by atoms with Gasteiger partial charge in [-0.25, -0.2) is 0 Å². The Bertz CT molecular complexity index is 1510. The van der Waals surface area contributed by atoms with E-state index in [0.29, 0.717) is 42.0 Å². The number of nitrogens with zero attached hydrogens (tertiary/aromatic N) is 1. The minimum Gasteiger partial charge on any atom is -0.483 e. The molecule has 3 fully saturated rings. The average Bonchev–Trinajstić information content (AvgIpc) is 3.75. The Hall–Kier alpha value is -4.42. The van der Waals surface area contributed by atoms with Crippen LogP contribution in [0.5, 0.6) is 5.75 Å². The Morgan fingerprint density at radius 1 is 1.04 bits per heavy atom. The number of rotatable bonds is 10. The van der Waals surface area contributed by atoms with Crippen molar-refractivity contribution in [3.05, 3.63) is 53.6 Å². The number of ether oxygens (including phenoxy) is 1. The zero-order valence-electron chi connectivity index (χ0n) is 25.6. The molecule has 0 unspecified atom stereocenters. The zero-order chi connectivity index (χ0) is 33.2. The topological polar surface area (TPSA) is 134 Å². The van der Waals surface area contributed by atoms with E-state index in [1.165, 1.54) is 24.1 Å². The second-order valence-corrected chi connectivity index (χ2v) is 12.2. The van der Waals surface area contributed by atoms with Crippen molar-refractivity contribution in [1.82, 2.24) is 20.9 Å². The summed E-state index contributed by atoms with van der Waals surface area (Å²) in [5.41, 5.74) is 1.21. The number of amides is 4. The predicted octanol–water partition coefficient (Wildman–Crippen LogP) is 3.01. The van der Waals surface area contributed by atoms with Gasteiger partial charge in [-0.1, -0.05) is 24.6 Å². The van der Waals surface area contributed by atoms with Gasteiger partial charge >= 0.3 is 6.18 Å². The summed E-state index contributed by atoms with van der Waals surface area (Å²) >= 11 is 0. The highest BCUT2D eigenvalue weighted by Gasteiger charge is 2.50. The molecule has 3 N–H and O–H groups in total. The van der Waals surface area contributed by atoms with Crippen molar-refractivity contribution in [1.29, 1.82) is 0 Å². The number of hydrogen-bond donors (Lipinski definition) is 3. The third kappa shape index (κ3) is 7.02. The Kier molecular flexibility index (Phi) is 9.68. The number of alkyl halides is 3. The van der Waals surface area contributed by atoms with E-state index in [1.54, 1.807) is 25.1 Å². The Labute approximate surface area is 264 Å². The normalized spacial score (nSPS) is 23.0. The molecule has 2 heterocycles. The molecule has 0 radical (unpaired) electrons. The van der Waals surface area contributed by atoms with Crippen molar-refractivity contribution >= 4 is 29.4 Å². The molecule has 5 rings (SSSR count). The third-order valence-electron chi connectivity index (χ3n) is 9.32. The average molecular weight is 643 g/mol. The van der Waals surface area contributed by atoms with E-state index in [-0.39, 0.29) is 30.8 Å². The van der Waals surface area contributed by atoms with Gasteiger partial charge in [0.05, 0.1) is 11.6 Å². The molecule has 0 bridgehead atoms. The van der Waals surface area contributed by atoms with Gasteiger partial charge in [-0.2, -0.15) is 13.2 Å². The van der Waals surface area contributed by atoms with Gasteiger partial charge in [0.1, 0.15) is 11.8 Å². The molecule has 46 heavy (non-hydrogen) atoms. The summed E-state index contributed by atoms with van der Waals surface area (Å²) < 4.78 is 44.7. The van der Waals surface area contributed by atoms with Crippen LogP contribution in [0, 0.1) is 24.7 Å². The van der Waals surface area contributed by atoms with Crippen LogP contribution < -0.4 is 20.7 Å². The molecule has 2 aliphatic heterocycles. The van der Waals surface area contributed by atoms with Crippen molar-refractivity contribution in [2.75, 3.05) is 26.7 Å². The smallest absolute Gasteiger partial charge is 0.416 e. The van der Waals surface area contributed by atoms with Gasteiger partial charge in [-0.3, -0.25) is 24.0 Å². The summed E-state index contributed by atoms with van der Waals surface area (Å²) in [5, 5.41) is 7.69. The molecule has 10 nitrogen and oxygen atoms in total. The van der Waals surface area contributed by atoms with Gasteiger partial charge in [0, 0.05) is 26.1 Å². The van der Waals surface area contributed by atoms with E-state index in [4.69, 9.17) is 4.74 Å². The Morgan fingerprint density at radius 2 is 1.76 bits per heavy atom. The number of aryl methyl sites for hydroxylation is 1. The van der Waals surface area contributed by atoms with Crippen LogP contribution in [-0.2, 0) is 30.1 Å². The first-order valence-corrected chi connectivity index (χ1v) is 15.4. The first kappa shape index (κ1) is 33.0. The SMILES string of the molecule is CNC(=O)C(=O)[C@H](C[C@@H]1CCNC1=O)NC(=O)[C@@H]1[C@H]2CCC[C@H]2CN1C(=O)COc1ccc(-c2ccc(C(F)(F)F)cc2)cc1C. The van der Waals surface area contributed by atoms with Crippen LogP contribution in [0.3, 0.4) is 0 Å². The summed E-state index contributed by atoms with van der Waals surface area (Å²) in [4.78, 5) is 66.1. The van der Waals surface area contributed by atoms with Crippen LogP contribution in [-0.4, -0.2) is 73.1 Å². The number of fused-ring (bicyclic) bond motifs is 1. The summed E-state index contributed by atoms with van der Waals surface area (Å²) in [6.45, 7) is 2.21. The van der Waals surface area contributed by atoms with Crippen molar-refractivity contribution in [2.24, 2.45) is 17.8 Å². The van der Waals surface area contributed by atoms with Gasteiger partial charge in [0.15, 0.2) is 6.61 Å². The van der Waals surface area contributed by atoms with Crippen LogP contribution in [0.25, 0.3) is 11.1 Å². The first-order valence-electron chi connectivity index (χ1n) is 15.4. The third-order valence-corrected chi connectivity index (χ3v) is 9.32. The number of carbonyl (C=O) groups excluding carboxylic acids is 5. The quantitative estimate of drug-likeness (QED) is 0.342. The van der Waals surface area contributed by atoms with Crippen LogP contribution in [0.4, 0.5) is 13.2 Å². The van der Waals surface area contributed by atoms with Crippen molar-refractivity contribution in [2.45, 2.75) is 57.3 Å². The van der Waals surface area contributed by atoms with E-state index < -0.39 is 53.2 Å². The van der Waals surface area contributed by atoms with Crippen molar-refractivity contribution in [3.8, 4) is 16.9 Å². The number of benzene rings is 2. The number of likely N-dealkylation sites (N-methyl/N-ethyl adjacent to an activating group) is 1. The van der Waals surface area contributed by atoms with Crippen LogP contribution >= 0.6 is 0 Å². The molecule has 13 heteroatoms.